The Kier molecular flexibility index (Phi) is 6.92. The van der Waals surface area contributed by atoms with Gasteiger partial charge in [-0.2, -0.15) is 0 Å². The van der Waals surface area contributed by atoms with Gasteiger partial charge in [0, 0.05) is 39.8 Å². The third-order valence-corrected chi connectivity index (χ3v) is 4.90. The molecule has 0 unspecified atom stereocenters. The summed E-state index contributed by atoms with van der Waals surface area (Å²) in [5.41, 5.74) is 1.15. The second kappa shape index (κ2) is 9.59. The number of tetrazole rings is 1. The Morgan fingerprint density at radius 3 is 2.52 bits per heavy atom. The number of nitrogens with zero attached hydrogens (tertiary/aromatic N) is 6. The van der Waals surface area contributed by atoms with E-state index in [2.05, 4.69) is 44.0 Å². The van der Waals surface area contributed by atoms with E-state index in [1.165, 1.54) is 0 Å². The van der Waals surface area contributed by atoms with Gasteiger partial charge in [0.05, 0.1) is 26.3 Å². The lowest BCUT2D eigenvalue weighted by Crippen LogP contribution is -2.48. The van der Waals surface area contributed by atoms with Gasteiger partial charge in [-0.15, -0.1) is 11.7 Å². The largest absolute Gasteiger partial charge is 0.497 e. The van der Waals surface area contributed by atoms with Crippen LogP contribution in [0.15, 0.2) is 36.9 Å². The lowest BCUT2D eigenvalue weighted by atomic mass is 10.0. The fraction of sp³-hybridized carbons (Fsp3) is 0.526. The van der Waals surface area contributed by atoms with Crippen LogP contribution in [0.4, 0.5) is 0 Å². The van der Waals surface area contributed by atoms with Crippen LogP contribution in [0.5, 0.6) is 5.75 Å². The first-order chi connectivity index (χ1) is 13.3. The van der Waals surface area contributed by atoms with E-state index in [0.717, 1.165) is 49.9 Å². The third-order valence-electron chi connectivity index (χ3n) is 4.90. The van der Waals surface area contributed by atoms with Crippen molar-refractivity contribution in [1.29, 1.82) is 0 Å². The molecule has 146 valence electrons. The van der Waals surface area contributed by atoms with Crippen molar-refractivity contribution in [3.8, 4) is 5.75 Å². The molecule has 1 saturated heterocycles. The minimum absolute atomic E-state index is 0.00589. The van der Waals surface area contributed by atoms with Gasteiger partial charge in [-0.3, -0.25) is 9.80 Å². The summed E-state index contributed by atoms with van der Waals surface area (Å²) in [5.74, 6) is 1.68. The van der Waals surface area contributed by atoms with Gasteiger partial charge in [0.2, 0.25) is 0 Å². The summed E-state index contributed by atoms with van der Waals surface area (Å²) in [6.45, 7) is 9.85. The smallest absolute Gasteiger partial charge is 0.173 e. The van der Waals surface area contributed by atoms with Crippen LogP contribution < -0.4 is 4.74 Å². The van der Waals surface area contributed by atoms with Crippen molar-refractivity contribution in [3.63, 3.8) is 0 Å². The number of hydrogen-bond acceptors (Lipinski definition) is 7. The molecule has 0 aliphatic carbocycles. The van der Waals surface area contributed by atoms with Crippen LogP contribution in [0.1, 0.15) is 17.4 Å². The maximum Gasteiger partial charge on any atom is 0.173 e. The summed E-state index contributed by atoms with van der Waals surface area (Å²) < 4.78 is 12.4. The van der Waals surface area contributed by atoms with E-state index in [0.29, 0.717) is 13.2 Å². The first-order valence-electron chi connectivity index (χ1n) is 9.23. The van der Waals surface area contributed by atoms with Gasteiger partial charge < -0.3 is 9.47 Å². The Balaban J connectivity index is 1.87. The topological polar surface area (TPSA) is 68.5 Å². The third kappa shape index (κ3) is 4.71. The van der Waals surface area contributed by atoms with Gasteiger partial charge in [-0.1, -0.05) is 18.2 Å². The zero-order chi connectivity index (χ0) is 19.1. The molecule has 0 radical (unpaired) electrons. The standard InChI is InChI=1S/C19H28N6O2/c1-4-9-23-10-12-24(13-11-23)18(16-5-7-17(27-3)8-6-16)19-20-21-22-25(19)14-15-26-2/h4-8,18H,1,9-15H2,2-3H3/t18-/m0/s1. The molecule has 0 spiro atoms. The van der Waals surface area contributed by atoms with Crippen molar-refractivity contribution in [2.24, 2.45) is 0 Å². The summed E-state index contributed by atoms with van der Waals surface area (Å²) >= 11 is 0. The first-order valence-corrected chi connectivity index (χ1v) is 9.23. The van der Waals surface area contributed by atoms with Gasteiger partial charge in [0.1, 0.15) is 5.75 Å². The Hall–Kier alpha value is -2.29. The molecular weight excluding hydrogens is 344 g/mol. The summed E-state index contributed by atoms with van der Waals surface area (Å²) in [5, 5.41) is 12.5. The molecule has 1 aliphatic rings. The molecule has 8 heteroatoms. The predicted molar refractivity (Wildman–Crippen MR) is 103 cm³/mol. The van der Waals surface area contributed by atoms with Crippen LogP contribution in [0.25, 0.3) is 0 Å². The lowest BCUT2D eigenvalue weighted by Gasteiger charge is -2.38. The molecular formula is C19H28N6O2. The number of aromatic nitrogens is 4. The maximum absolute atomic E-state index is 5.31. The Labute approximate surface area is 160 Å². The quantitative estimate of drug-likeness (QED) is 0.613. The monoisotopic (exact) mass is 372 g/mol. The highest BCUT2D eigenvalue weighted by molar-refractivity contribution is 5.32. The second-order valence-corrected chi connectivity index (χ2v) is 6.55. The van der Waals surface area contributed by atoms with Gasteiger partial charge in [-0.05, 0) is 28.1 Å². The van der Waals surface area contributed by atoms with Crippen molar-refractivity contribution in [2.45, 2.75) is 12.6 Å². The number of piperazine rings is 1. The van der Waals surface area contributed by atoms with Crippen LogP contribution in [0, 0.1) is 0 Å². The summed E-state index contributed by atoms with van der Waals surface area (Å²) in [6, 6.07) is 8.15. The minimum Gasteiger partial charge on any atom is -0.497 e. The molecule has 2 heterocycles. The second-order valence-electron chi connectivity index (χ2n) is 6.55. The van der Waals surface area contributed by atoms with Crippen LogP contribution in [0.2, 0.25) is 0 Å². The highest BCUT2D eigenvalue weighted by Gasteiger charge is 2.30. The molecule has 0 bridgehead atoms. The van der Waals surface area contributed by atoms with Crippen molar-refractivity contribution < 1.29 is 9.47 Å². The van der Waals surface area contributed by atoms with E-state index in [9.17, 15) is 0 Å². The fourth-order valence-corrected chi connectivity index (χ4v) is 3.44. The van der Waals surface area contributed by atoms with Gasteiger partial charge >= 0.3 is 0 Å². The molecule has 1 atom stereocenters. The average Bonchev–Trinajstić information content (AvgIpc) is 3.17. The summed E-state index contributed by atoms with van der Waals surface area (Å²) in [6.07, 6.45) is 1.96. The van der Waals surface area contributed by atoms with E-state index < -0.39 is 0 Å². The number of hydrogen-bond donors (Lipinski definition) is 0. The molecule has 1 aliphatic heterocycles. The maximum atomic E-state index is 5.31. The van der Waals surface area contributed by atoms with E-state index >= 15 is 0 Å². The average molecular weight is 372 g/mol. The first kappa shape index (κ1) is 19.5. The Morgan fingerprint density at radius 2 is 1.89 bits per heavy atom. The van der Waals surface area contributed by atoms with Crippen molar-refractivity contribution in [3.05, 3.63) is 48.3 Å². The normalized spacial score (nSPS) is 17.0. The van der Waals surface area contributed by atoms with Crippen LogP contribution in [-0.4, -0.2) is 83.6 Å². The van der Waals surface area contributed by atoms with Gasteiger partial charge in [-0.25, -0.2) is 4.68 Å². The fourth-order valence-electron chi connectivity index (χ4n) is 3.44. The van der Waals surface area contributed by atoms with Gasteiger partial charge in [0.25, 0.3) is 0 Å². The predicted octanol–water partition coefficient (Wildman–Crippen LogP) is 1.22. The van der Waals surface area contributed by atoms with E-state index in [1.807, 2.05) is 22.9 Å². The van der Waals surface area contributed by atoms with Crippen LogP contribution in [-0.2, 0) is 11.3 Å². The van der Waals surface area contributed by atoms with Crippen LogP contribution in [0.3, 0.4) is 0 Å². The molecule has 0 N–H and O–H groups in total. The highest BCUT2D eigenvalue weighted by Crippen LogP contribution is 2.29. The van der Waals surface area contributed by atoms with Crippen molar-refractivity contribution in [1.82, 2.24) is 30.0 Å². The number of rotatable bonds is 9. The van der Waals surface area contributed by atoms with Crippen molar-refractivity contribution in [2.75, 3.05) is 53.6 Å². The van der Waals surface area contributed by atoms with E-state index in [-0.39, 0.29) is 6.04 Å². The zero-order valence-corrected chi connectivity index (χ0v) is 16.1. The molecule has 2 aromatic rings. The molecule has 1 fully saturated rings. The minimum atomic E-state index is -0.00589. The number of benzene rings is 1. The van der Waals surface area contributed by atoms with Crippen LogP contribution >= 0.6 is 0 Å². The molecule has 8 nitrogen and oxygen atoms in total. The number of methoxy groups -OCH3 is 2. The Bertz CT molecular complexity index is 709. The molecule has 3 rings (SSSR count). The molecule has 1 aromatic heterocycles. The van der Waals surface area contributed by atoms with E-state index in [4.69, 9.17) is 9.47 Å². The molecule has 0 saturated carbocycles. The highest BCUT2D eigenvalue weighted by atomic mass is 16.5. The SMILES string of the molecule is C=CCN1CCN([C@@H](c2ccc(OC)cc2)c2nnnn2CCOC)CC1. The molecule has 1 aromatic carbocycles. The zero-order valence-electron chi connectivity index (χ0n) is 16.1. The van der Waals surface area contributed by atoms with E-state index in [1.54, 1.807) is 14.2 Å². The van der Waals surface area contributed by atoms with Crippen molar-refractivity contribution >= 4 is 0 Å². The summed E-state index contributed by atoms with van der Waals surface area (Å²) in [4.78, 5) is 4.85. The molecule has 27 heavy (non-hydrogen) atoms. The number of ether oxygens (including phenoxy) is 2. The lowest BCUT2D eigenvalue weighted by molar-refractivity contribution is 0.111. The Morgan fingerprint density at radius 1 is 1.15 bits per heavy atom. The van der Waals surface area contributed by atoms with Gasteiger partial charge in [0.15, 0.2) is 5.82 Å². The summed E-state index contributed by atoms with van der Waals surface area (Å²) in [7, 11) is 3.36. The molecule has 0 amide bonds.